The smallest absolute Gasteiger partial charge is 0.189 e. The molecular weight excluding hydrogens is 117 g/mol. The lowest BCUT2D eigenvalue weighted by Gasteiger charge is -1.93. The number of aliphatic imine (C=N–C) groups is 1. The largest absolute Gasteiger partial charge is 0.232 e. The van der Waals surface area contributed by atoms with Crippen LogP contribution in [0.4, 0.5) is 4.39 Å². The first-order valence-corrected chi connectivity index (χ1v) is 3.27. The molecule has 0 unspecified atom stereocenters. The summed E-state index contributed by atoms with van der Waals surface area (Å²) in [4.78, 5) is 3.40. The molecule has 0 bridgehead atoms. The highest BCUT2D eigenvalue weighted by atomic mass is 19.1. The third-order valence-corrected chi connectivity index (χ3v) is 0.837. The number of rotatable bonds is 0. The van der Waals surface area contributed by atoms with Crippen LogP contribution in [0.25, 0.3) is 0 Å². The van der Waals surface area contributed by atoms with E-state index in [0.717, 1.165) is 6.42 Å². The first-order chi connectivity index (χ1) is 4.39. The first kappa shape index (κ1) is 8.34. The van der Waals surface area contributed by atoms with E-state index in [2.05, 4.69) is 4.99 Å². The van der Waals surface area contributed by atoms with Crippen LogP contribution < -0.4 is 0 Å². The summed E-state index contributed by atoms with van der Waals surface area (Å²) in [5.41, 5.74) is 0. The molecular formula is C7H12FN. The maximum absolute atomic E-state index is 11.9. The fourth-order valence-electron chi connectivity index (χ4n) is 0.475. The van der Waals surface area contributed by atoms with Gasteiger partial charge in [0.1, 0.15) is 0 Å². The standard InChI is InChI=1S/C5H6FN.C2H6/c6-5-3-1-2-4-7-5;1-2/h2,4H,1,3H2;1-2H3. The molecule has 1 rings (SSSR count). The van der Waals surface area contributed by atoms with Crippen molar-refractivity contribution in [3.63, 3.8) is 0 Å². The Morgan fingerprint density at radius 3 is 2.44 bits per heavy atom. The molecule has 1 heterocycles. The molecule has 1 aliphatic heterocycles. The highest BCUT2D eigenvalue weighted by Crippen LogP contribution is 2.01. The van der Waals surface area contributed by atoms with Crippen LogP contribution in [0, 0.1) is 0 Å². The van der Waals surface area contributed by atoms with Crippen molar-refractivity contribution in [1.82, 2.24) is 0 Å². The van der Waals surface area contributed by atoms with Gasteiger partial charge in [0.25, 0.3) is 0 Å². The Hall–Kier alpha value is -0.660. The van der Waals surface area contributed by atoms with E-state index in [1.54, 1.807) is 0 Å². The number of allylic oxidation sites excluding steroid dienone is 1. The second-order valence-electron chi connectivity index (χ2n) is 1.43. The summed E-state index contributed by atoms with van der Waals surface area (Å²) < 4.78 is 11.9. The quantitative estimate of drug-likeness (QED) is 0.477. The summed E-state index contributed by atoms with van der Waals surface area (Å²) in [6.07, 6.45) is 4.63. The summed E-state index contributed by atoms with van der Waals surface area (Å²) in [6.45, 7) is 4.00. The third kappa shape index (κ3) is 3.88. The summed E-state index contributed by atoms with van der Waals surface area (Å²) in [7, 11) is 0. The lowest BCUT2D eigenvalue weighted by atomic mass is 10.3. The fourth-order valence-corrected chi connectivity index (χ4v) is 0.475. The second kappa shape index (κ2) is 5.48. The first-order valence-electron chi connectivity index (χ1n) is 3.27. The SMILES string of the molecule is CC.FC1=NC=CCC1. The second-order valence-corrected chi connectivity index (χ2v) is 1.43. The van der Waals surface area contributed by atoms with E-state index >= 15 is 0 Å². The molecule has 2 heteroatoms. The zero-order valence-electron chi connectivity index (χ0n) is 5.89. The molecule has 0 N–H and O–H groups in total. The van der Waals surface area contributed by atoms with Gasteiger partial charge < -0.3 is 0 Å². The van der Waals surface area contributed by atoms with Gasteiger partial charge in [0.05, 0.1) is 0 Å². The van der Waals surface area contributed by atoms with Crippen molar-refractivity contribution in [3.05, 3.63) is 12.3 Å². The van der Waals surface area contributed by atoms with Crippen molar-refractivity contribution in [2.24, 2.45) is 4.99 Å². The lowest BCUT2D eigenvalue weighted by Crippen LogP contribution is -1.89. The number of nitrogens with zero attached hydrogens (tertiary/aromatic N) is 1. The molecule has 0 aromatic rings. The van der Waals surface area contributed by atoms with E-state index in [9.17, 15) is 4.39 Å². The molecule has 0 spiro atoms. The van der Waals surface area contributed by atoms with Gasteiger partial charge in [-0.2, -0.15) is 4.39 Å². The van der Waals surface area contributed by atoms with Crippen LogP contribution in [0.5, 0.6) is 0 Å². The van der Waals surface area contributed by atoms with Gasteiger partial charge in [0.15, 0.2) is 5.97 Å². The van der Waals surface area contributed by atoms with Gasteiger partial charge in [-0.25, -0.2) is 4.99 Å². The van der Waals surface area contributed by atoms with Gasteiger partial charge in [0, 0.05) is 12.6 Å². The van der Waals surface area contributed by atoms with E-state index in [0.29, 0.717) is 6.42 Å². The molecule has 0 radical (unpaired) electrons. The van der Waals surface area contributed by atoms with Gasteiger partial charge in [0.2, 0.25) is 0 Å². The summed E-state index contributed by atoms with van der Waals surface area (Å²) in [5, 5.41) is 0. The van der Waals surface area contributed by atoms with Crippen molar-refractivity contribution in [2.75, 3.05) is 0 Å². The van der Waals surface area contributed by atoms with Crippen LogP contribution >= 0.6 is 0 Å². The van der Waals surface area contributed by atoms with Crippen molar-refractivity contribution >= 4 is 5.97 Å². The summed E-state index contributed by atoms with van der Waals surface area (Å²) in [5.74, 6) is -0.248. The maximum Gasteiger partial charge on any atom is 0.189 e. The van der Waals surface area contributed by atoms with E-state index < -0.39 is 0 Å². The number of halogens is 1. The highest BCUT2D eigenvalue weighted by Gasteiger charge is 1.95. The molecule has 0 aromatic heterocycles. The molecule has 0 saturated carbocycles. The maximum atomic E-state index is 11.9. The predicted molar refractivity (Wildman–Crippen MR) is 38.3 cm³/mol. The van der Waals surface area contributed by atoms with E-state index in [4.69, 9.17) is 0 Å². The molecule has 0 atom stereocenters. The average molecular weight is 129 g/mol. The predicted octanol–water partition coefficient (Wildman–Crippen LogP) is 2.69. The van der Waals surface area contributed by atoms with E-state index in [-0.39, 0.29) is 5.97 Å². The van der Waals surface area contributed by atoms with Crippen LogP contribution in [0.3, 0.4) is 0 Å². The van der Waals surface area contributed by atoms with Crippen LogP contribution in [-0.4, -0.2) is 5.97 Å². The van der Waals surface area contributed by atoms with Gasteiger partial charge in [-0.1, -0.05) is 19.9 Å². The molecule has 1 aliphatic rings. The van der Waals surface area contributed by atoms with Crippen LogP contribution in [0.1, 0.15) is 26.7 Å². The van der Waals surface area contributed by atoms with Gasteiger partial charge in [-0.15, -0.1) is 0 Å². The molecule has 9 heavy (non-hydrogen) atoms. The Morgan fingerprint density at radius 2 is 2.22 bits per heavy atom. The zero-order valence-corrected chi connectivity index (χ0v) is 5.89. The van der Waals surface area contributed by atoms with Gasteiger partial charge in [-0.05, 0) is 6.42 Å². The van der Waals surface area contributed by atoms with Gasteiger partial charge >= 0.3 is 0 Å². The Bertz CT molecular complexity index is 116. The molecule has 0 fully saturated rings. The van der Waals surface area contributed by atoms with Gasteiger partial charge in [-0.3, -0.25) is 0 Å². The number of hydrogen-bond acceptors (Lipinski definition) is 1. The lowest BCUT2D eigenvalue weighted by molar-refractivity contribution is 0.752. The monoisotopic (exact) mass is 129 g/mol. The molecule has 0 amide bonds. The molecule has 0 saturated heterocycles. The topological polar surface area (TPSA) is 12.4 Å². The Labute approximate surface area is 55.3 Å². The van der Waals surface area contributed by atoms with E-state index in [1.807, 2.05) is 19.9 Å². The molecule has 1 nitrogen and oxygen atoms in total. The minimum absolute atomic E-state index is 0.248. The summed E-state index contributed by atoms with van der Waals surface area (Å²) in [6, 6.07) is 0. The van der Waals surface area contributed by atoms with Crippen molar-refractivity contribution < 1.29 is 4.39 Å². The van der Waals surface area contributed by atoms with Crippen molar-refractivity contribution in [3.8, 4) is 0 Å². The van der Waals surface area contributed by atoms with E-state index in [1.165, 1.54) is 6.20 Å². The zero-order chi connectivity index (χ0) is 7.11. The molecule has 52 valence electrons. The van der Waals surface area contributed by atoms with Crippen molar-refractivity contribution in [2.45, 2.75) is 26.7 Å². The Balaban J connectivity index is 0.000000291. The summed E-state index contributed by atoms with van der Waals surface area (Å²) >= 11 is 0. The van der Waals surface area contributed by atoms with Crippen LogP contribution in [0.2, 0.25) is 0 Å². The van der Waals surface area contributed by atoms with Crippen LogP contribution in [-0.2, 0) is 0 Å². The molecule has 0 aromatic carbocycles. The third-order valence-electron chi connectivity index (χ3n) is 0.837. The minimum atomic E-state index is -0.248. The Morgan fingerprint density at radius 1 is 1.56 bits per heavy atom. The van der Waals surface area contributed by atoms with Crippen molar-refractivity contribution in [1.29, 1.82) is 0 Å². The highest BCUT2D eigenvalue weighted by molar-refractivity contribution is 5.76. The fraction of sp³-hybridized carbons (Fsp3) is 0.571. The molecule has 0 aliphatic carbocycles. The number of hydrogen-bond donors (Lipinski definition) is 0. The minimum Gasteiger partial charge on any atom is -0.232 e. The Kier molecular flexibility index (Phi) is 5.07. The van der Waals surface area contributed by atoms with Crippen LogP contribution in [0.15, 0.2) is 17.3 Å². The normalized spacial score (nSPS) is 15.7. The average Bonchev–Trinajstić information content (AvgIpc) is 1.94.